The lowest BCUT2D eigenvalue weighted by Crippen LogP contribution is -2.30. The van der Waals surface area contributed by atoms with Crippen molar-refractivity contribution in [1.29, 1.82) is 0 Å². The second-order valence-electron chi connectivity index (χ2n) is 7.22. The summed E-state index contributed by atoms with van der Waals surface area (Å²) in [6, 6.07) is 27.2. The zero-order valence-electron chi connectivity index (χ0n) is 17.0. The predicted molar refractivity (Wildman–Crippen MR) is 125 cm³/mol. The van der Waals surface area contributed by atoms with Gasteiger partial charge >= 0.3 is 0 Å². The van der Waals surface area contributed by atoms with Crippen LogP contribution in [0.25, 0.3) is 0 Å². The fourth-order valence-electron chi connectivity index (χ4n) is 3.43. The largest absolute Gasteiger partial charge is 0.326 e. The summed E-state index contributed by atoms with van der Waals surface area (Å²) in [5.41, 5.74) is 6.23. The van der Waals surface area contributed by atoms with Gasteiger partial charge in [-0.1, -0.05) is 72.8 Å². The number of hydrogen-bond donors (Lipinski definition) is 1. The smallest absolute Gasteiger partial charge is 0.271 e. The Morgan fingerprint density at radius 2 is 1.68 bits per heavy atom. The molecular formula is C25H23N3O2S. The SMILES string of the molecule is O=C(N/N=C\c1ccccc1)c1ccc([C@H]2SCC(=O)N2CCc2ccccc2)cc1. The first-order chi connectivity index (χ1) is 15.2. The van der Waals surface area contributed by atoms with Crippen molar-refractivity contribution in [2.24, 2.45) is 5.10 Å². The molecule has 1 aliphatic heterocycles. The second-order valence-corrected chi connectivity index (χ2v) is 8.29. The minimum Gasteiger partial charge on any atom is -0.326 e. The first kappa shape index (κ1) is 20.9. The van der Waals surface area contributed by atoms with Crippen LogP contribution in [0.2, 0.25) is 0 Å². The van der Waals surface area contributed by atoms with Crippen molar-refractivity contribution in [3.05, 3.63) is 107 Å². The van der Waals surface area contributed by atoms with E-state index in [1.807, 2.05) is 65.6 Å². The second kappa shape index (κ2) is 10.1. The van der Waals surface area contributed by atoms with Crippen molar-refractivity contribution in [2.75, 3.05) is 12.3 Å². The molecule has 1 saturated heterocycles. The number of carbonyl (C=O) groups excluding carboxylic acids is 2. The van der Waals surface area contributed by atoms with E-state index in [0.717, 1.165) is 17.5 Å². The number of amides is 2. The zero-order valence-corrected chi connectivity index (χ0v) is 17.8. The Morgan fingerprint density at radius 1 is 1.00 bits per heavy atom. The first-order valence-electron chi connectivity index (χ1n) is 10.1. The molecule has 1 atom stereocenters. The number of nitrogens with zero attached hydrogens (tertiary/aromatic N) is 2. The van der Waals surface area contributed by atoms with Crippen LogP contribution in [0.3, 0.4) is 0 Å². The highest BCUT2D eigenvalue weighted by molar-refractivity contribution is 8.00. The normalized spacial score (nSPS) is 16.1. The Bertz CT molecular complexity index is 1050. The van der Waals surface area contributed by atoms with E-state index in [2.05, 4.69) is 22.7 Å². The Morgan fingerprint density at radius 3 is 2.39 bits per heavy atom. The quantitative estimate of drug-likeness (QED) is 0.451. The molecule has 3 aromatic rings. The first-order valence-corrected chi connectivity index (χ1v) is 11.2. The van der Waals surface area contributed by atoms with E-state index in [0.29, 0.717) is 17.9 Å². The van der Waals surface area contributed by atoms with Gasteiger partial charge in [-0.25, -0.2) is 5.43 Å². The van der Waals surface area contributed by atoms with Gasteiger partial charge in [-0.2, -0.15) is 5.10 Å². The van der Waals surface area contributed by atoms with Crippen LogP contribution >= 0.6 is 11.8 Å². The van der Waals surface area contributed by atoms with Crippen LogP contribution in [-0.4, -0.2) is 35.2 Å². The number of hydrazone groups is 1. The van der Waals surface area contributed by atoms with Gasteiger partial charge < -0.3 is 4.90 Å². The maximum absolute atomic E-state index is 12.4. The highest BCUT2D eigenvalue weighted by Crippen LogP contribution is 2.38. The van der Waals surface area contributed by atoms with Crippen LogP contribution in [0.4, 0.5) is 0 Å². The number of rotatable bonds is 7. The van der Waals surface area contributed by atoms with Crippen LogP contribution in [0.5, 0.6) is 0 Å². The van der Waals surface area contributed by atoms with Gasteiger partial charge in [-0.3, -0.25) is 9.59 Å². The van der Waals surface area contributed by atoms with E-state index in [4.69, 9.17) is 0 Å². The van der Waals surface area contributed by atoms with Crippen molar-refractivity contribution >= 4 is 29.8 Å². The van der Waals surface area contributed by atoms with Gasteiger partial charge in [0.15, 0.2) is 0 Å². The lowest BCUT2D eigenvalue weighted by atomic mass is 10.1. The molecule has 0 unspecified atom stereocenters. The Kier molecular flexibility index (Phi) is 6.79. The molecule has 3 aromatic carbocycles. The molecule has 1 fully saturated rings. The third-order valence-corrected chi connectivity index (χ3v) is 6.35. The van der Waals surface area contributed by atoms with Gasteiger partial charge in [0.2, 0.25) is 5.91 Å². The Balaban J connectivity index is 1.37. The molecule has 1 heterocycles. The van der Waals surface area contributed by atoms with Crippen LogP contribution in [0.1, 0.15) is 32.4 Å². The molecule has 6 heteroatoms. The average Bonchev–Trinajstić information content (AvgIpc) is 3.19. The molecule has 2 amide bonds. The lowest BCUT2D eigenvalue weighted by Gasteiger charge is -2.24. The minimum absolute atomic E-state index is 0.0237. The van der Waals surface area contributed by atoms with Gasteiger partial charge in [-0.15, -0.1) is 11.8 Å². The van der Waals surface area contributed by atoms with Crippen molar-refractivity contribution in [3.63, 3.8) is 0 Å². The van der Waals surface area contributed by atoms with E-state index in [-0.39, 0.29) is 17.2 Å². The molecule has 0 spiro atoms. The highest BCUT2D eigenvalue weighted by Gasteiger charge is 2.32. The summed E-state index contributed by atoms with van der Waals surface area (Å²) in [4.78, 5) is 26.7. The molecule has 0 saturated carbocycles. The fourth-order valence-corrected chi connectivity index (χ4v) is 4.65. The third kappa shape index (κ3) is 5.41. The fraction of sp³-hybridized carbons (Fsp3) is 0.160. The topological polar surface area (TPSA) is 61.8 Å². The number of thioether (sulfide) groups is 1. The van der Waals surface area contributed by atoms with E-state index < -0.39 is 0 Å². The van der Waals surface area contributed by atoms with E-state index in [1.165, 1.54) is 5.56 Å². The number of carbonyl (C=O) groups is 2. The van der Waals surface area contributed by atoms with Crippen molar-refractivity contribution < 1.29 is 9.59 Å². The van der Waals surface area contributed by atoms with Gasteiger partial charge in [0, 0.05) is 12.1 Å². The Hall–Kier alpha value is -3.38. The van der Waals surface area contributed by atoms with Gasteiger partial charge in [0.05, 0.1) is 12.0 Å². The summed E-state index contributed by atoms with van der Waals surface area (Å²) in [5, 5.41) is 3.99. The van der Waals surface area contributed by atoms with E-state index in [9.17, 15) is 9.59 Å². The summed E-state index contributed by atoms with van der Waals surface area (Å²) in [6.07, 6.45) is 2.43. The van der Waals surface area contributed by atoms with Crippen LogP contribution in [-0.2, 0) is 11.2 Å². The highest BCUT2D eigenvalue weighted by atomic mass is 32.2. The number of nitrogens with one attached hydrogen (secondary N) is 1. The summed E-state index contributed by atoms with van der Waals surface area (Å²) in [5.74, 6) is 0.369. The van der Waals surface area contributed by atoms with Crippen molar-refractivity contribution in [3.8, 4) is 0 Å². The molecule has 0 radical (unpaired) electrons. The average molecular weight is 430 g/mol. The van der Waals surface area contributed by atoms with Crippen molar-refractivity contribution in [2.45, 2.75) is 11.8 Å². The summed E-state index contributed by atoms with van der Waals surface area (Å²) in [6.45, 7) is 0.678. The summed E-state index contributed by atoms with van der Waals surface area (Å²) < 4.78 is 0. The van der Waals surface area contributed by atoms with Gasteiger partial charge in [0.25, 0.3) is 5.91 Å². The van der Waals surface area contributed by atoms with E-state index >= 15 is 0 Å². The molecule has 5 nitrogen and oxygen atoms in total. The predicted octanol–water partition coefficient (Wildman–Crippen LogP) is 4.27. The molecule has 0 aromatic heterocycles. The molecule has 1 aliphatic rings. The molecule has 1 N–H and O–H groups in total. The lowest BCUT2D eigenvalue weighted by molar-refractivity contribution is -0.128. The number of benzene rings is 3. The maximum Gasteiger partial charge on any atom is 0.271 e. The van der Waals surface area contributed by atoms with Crippen molar-refractivity contribution in [1.82, 2.24) is 10.3 Å². The maximum atomic E-state index is 12.4. The van der Waals surface area contributed by atoms with Gasteiger partial charge in [-0.05, 0) is 35.2 Å². The monoisotopic (exact) mass is 429 g/mol. The third-order valence-electron chi connectivity index (χ3n) is 5.09. The molecular weight excluding hydrogens is 406 g/mol. The standard InChI is InChI=1S/C25H23N3O2S/c29-23-18-31-25(28(23)16-15-19-7-3-1-4-8-19)22-13-11-21(12-14-22)24(30)27-26-17-20-9-5-2-6-10-20/h1-14,17,25H,15-16,18H2,(H,27,30)/b26-17-/t25-/m1/s1. The van der Waals surface area contributed by atoms with Gasteiger partial charge in [0.1, 0.15) is 5.37 Å². The number of hydrogen-bond acceptors (Lipinski definition) is 4. The molecule has 0 aliphatic carbocycles. The van der Waals surface area contributed by atoms with Crippen LogP contribution in [0.15, 0.2) is 90.0 Å². The Labute approximate surface area is 186 Å². The van der Waals surface area contributed by atoms with Crippen LogP contribution < -0.4 is 5.43 Å². The van der Waals surface area contributed by atoms with E-state index in [1.54, 1.807) is 30.1 Å². The van der Waals surface area contributed by atoms with Crippen LogP contribution in [0, 0.1) is 0 Å². The zero-order chi connectivity index (χ0) is 21.5. The minimum atomic E-state index is -0.269. The summed E-state index contributed by atoms with van der Waals surface area (Å²) in [7, 11) is 0. The molecule has 31 heavy (non-hydrogen) atoms. The summed E-state index contributed by atoms with van der Waals surface area (Å²) >= 11 is 1.62. The molecule has 4 rings (SSSR count). The molecule has 0 bridgehead atoms. The molecule has 156 valence electrons.